The molecule has 0 aromatic rings. The van der Waals surface area contributed by atoms with Gasteiger partial charge in [0.25, 0.3) is 0 Å². The minimum absolute atomic E-state index is 0.0240. The van der Waals surface area contributed by atoms with Crippen molar-refractivity contribution in [2.75, 3.05) is 6.61 Å². The highest BCUT2D eigenvalue weighted by Crippen LogP contribution is 2.54. The molecule has 0 radical (unpaired) electrons. The van der Waals surface area contributed by atoms with Crippen molar-refractivity contribution >= 4 is 5.78 Å². The van der Waals surface area contributed by atoms with Crippen LogP contribution in [0.3, 0.4) is 0 Å². The monoisotopic (exact) mass is 265 g/mol. The van der Waals surface area contributed by atoms with Crippen LogP contribution in [0.1, 0.15) is 58.8 Å². The van der Waals surface area contributed by atoms with Gasteiger partial charge in [0, 0.05) is 17.9 Å². The molecule has 3 fully saturated rings. The van der Waals surface area contributed by atoms with Crippen molar-refractivity contribution in [2.24, 2.45) is 16.7 Å². The Hall–Kier alpha value is -0.410. The summed E-state index contributed by atoms with van der Waals surface area (Å²) < 4.78 is 0. The van der Waals surface area contributed by atoms with E-state index in [1.165, 1.54) is 25.7 Å². The molecular formula is C16H27NO2. The zero-order valence-corrected chi connectivity index (χ0v) is 12.2. The Bertz CT molecular complexity index is 375. The summed E-state index contributed by atoms with van der Waals surface area (Å²) in [7, 11) is 0. The van der Waals surface area contributed by atoms with E-state index in [-0.39, 0.29) is 18.1 Å². The second-order valence-electron chi connectivity index (χ2n) is 8.00. The molecule has 1 aliphatic heterocycles. The summed E-state index contributed by atoms with van der Waals surface area (Å²) >= 11 is 0. The predicted molar refractivity (Wildman–Crippen MR) is 74.8 cm³/mol. The molecule has 0 amide bonds. The third-order valence-corrected chi connectivity index (χ3v) is 5.70. The number of fused-ring (bicyclic) bond motifs is 1. The van der Waals surface area contributed by atoms with Gasteiger partial charge in [0.05, 0.1) is 12.6 Å². The van der Waals surface area contributed by atoms with Gasteiger partial charge in [-0.2, -0.15) is 0 Å². The first-order chi connectivity index (χ1) is 8.94. The molecular weight excluding hydrogens is 238 g/mol. The smallest absolute Gasteiger partial charge is 0.150 e. The topological polar surface area (TPSA) is 49.3 Å². The molecule has 2 aliphatic carbocycles. The number of piperidine rings is 1. The van der Waals surface area contributed by atoms with Gasteiger partial charge in [0.1, 0.15) is 5.78 Å². The van der Waals surface area contributed by atoms with Crippen LogP contribution in [0.2, 0.25) is 0 Å². The summed E-state index contributed by atoms with van der Waals surface area (Å²) in [6, 6.07) is 0.435. The normalized spacial score (nSPS) is 43.8. The number of ketones is 1. The van der Waals surface area contributed by atoms with E-state index in [0.29, 0.717) is 23.2 Å². The molecule has 0 aromatic carbocycles. The number of Topliss-reactive ketones (excluding diaryl/α,β-unsaturated/α-hetero) is 1. The van der Waals surface area contributed by atoms with Crippen molar-refractivity contribution in [1.82, 2.24) is 5.32 Å². The van der Waals surface area contributed by atoms with E-state index in [1.807, 2.05) is 0 Å². The Morgan fingerprint density at radius 3 is 2.74 bits per heavy atom. The molecule has 0 spiro atoms. The highest BCUT2D eigenvalue weighted by Gasteiger charge is 2.60. The lowest BCUT2D eigenvalue weighted by atomic mass is 9.70. The first-order valence-corrected chi connectivity index (χ1v) is 7.84. The Morgan fingerprint density at radius 1 is 1.32 bits per heavy atom. The molecule has 0 aromatic heterocycles. The van der Waals surface area contributed by atoms with Gasteiger partial charge in [-0.3, -0.25) is 4.79 Å². The van der Waals surface area contributed by atoms with Gasteiger partial charge in [0.2, 0.25) is 0 Å². The summed E-state index contributed by atoms with van der Waals surface area (Å²) in [4.78, 5) is 12.4. The first kappa shape index (κ1) is 13.6. The van der Waals surface area contributed by atoms with E-state index in [4.69, 9.17) is 0 Å². The van der Waals surface area contributed by atoms with Crippen LogP contribution >= 0.6 is 0 Å². The summed E-state index contributed by atoms with van der Waals surface area (Å²) in [5.74, 6) is 0.975. The quantitative estimate of drug-likeness (QED) is 0.820. The fraction of sp³-hybridized carbons (Fsp3) is 0.938. The number of hydrogen-bond acceptors (Lipinski definition) is 3. The molecule has 1 saturated heterocycles. The van der Waals surface area contributed by atoms with E-state index in [1.54, 1.807) is 0 Å². The molecule has 2 N–H and O–H groups in total. The fourth-order valence-electron chi connectivity index (χ4n) is 4.42. The van der Waals surface area contributed by atoms with Crippen LogP contribution < -0.4 is 5.32 Å². The Kier molecular flexibility index (Phi) is 3.25. The second-order valence-corrected chi connectivity index (χ2v) is 8.00. The third kappa shape index (κ3) is 2.59. The second kappa shape index (κ2) is 4.56. The maximum Gasteiger partial charge on any atom is 0.150 e. The molecule has 3 aliphatic rings. The number of carbonyl (C=O) groups excluding carboxylic acids is 1. The number of nitrogens with one attached hydrogen (secondary N) is 1. The van der Waals surface area contributed by atoms with Crippen LogP contribution in [0.5, 0.6) is 0 Å². The highest BCUT2D eigenvalue weighted by molar-refractivity contribution is 5.85. The van der Waals surface area contributed by atoms with Crippen LogP contribution in [-0.2, 0) is 4.79 Å². The van der Waals surface area contributed by atoms with E-state index >= 15 is 0 Å². The fourth-order valence-corrected chi connectivity index (χ4v) is 4.42. The average Bonchev–Trinajstić information content (AvgIpc) is 2.90. The SMILES string of the molecule is CC1(C)CCCC(CC(=O)[C@@H]2C[C@@]3(CO)C[C@H]3N2)C1. The van der Waals surface area contributed by atoms with E-state index in [9.17, 15) is 9.90 Å². The minimum Gasteiger partial charge on any atom is -0.396 e. The van der Waals surface area contributed by atoms with Crippen LogP contribution in [0.4, 0.5) is 0 Å². The van der Waals surface area contributed by atoms with Crippen molar-refractivity contribution in [2.45, 2.75) is 70.9 Å². The summed E-state index contributed by atoms with van der Waals surface area (Å²) in [6.07, 6.45) is 7.65. The number of rotatable bonds is 4. The van der Waals surface area contributed by atoms with Crippen LogP contribution in [-0.4, -0.2) is 29.6 Å². The summed E-state index contributed by atoms with van der Waals surface area (Å²) in [5.41, 5.74) is 0.479. The van der Waals surface area contributed by atoms with Gasteiger partial charge in [0.15, 0.2) is 0 Å². The van der Waals surface area contributed by atoms with Crippen molar-refractivity contribution in [3.05, 3.63) is 0 Å². The Labute approximate surface area is 116 Å². The number of carbonyl (C=O) groups is 1. The van der Waals surface area contributed by atoms with Gasteiger partial charge < -0.3 is 10.4 Å². The van der Waals surface area contributed by atoms with Crippen molar-refractivity contribution in [1.29, 1.82) is 0 Å². The van der Waals surface area contributed by atoms with Crippen molar-refractivity contribution in [3.63, 3.8) is 0 Å². The molecule has 1 unspecified atom stereocenters. The van der Waals surface area contributed by atoms with Gasteiger partial charge in [-0.15, -0.1) is 0 Å². The number of hydrogen-bond donors (Lipinski definition) is 2. The van der Waals surface area contributed by atoms with E-state index in [0.717, 1.165) is 19.3 Å². The molecule has 19 heavy (non-hydrogen) atoms. The van der Waals surface area contributed by atoms with Gasteiger partial charge in [-0.1, -0.05) is 20.3 Å². The lowest BCUT2D eigenvalue weighted by Gasteiger charge is -2.35. The van der Waals surface area contributed by atoms with E-state index < -0.39 is 0 Å². The molecule has 3 rings (SSSR count). The van der Waals surface area contributed by atoms with Gasteiger partial charge >= 0.3 is 0 Å². The predicted octanol–water partition coefficient (Wildman–Crippen LogP) is 2.27. The van der Waals surface area contributed by atoms with Crippen LogP contribution in [0.15, 0.2) is 0 Å². The van der Waals surface area contributed by atoms with E-state index in [2.05, 4.69) is 19.2 Å². The molecule has 2 saturated carbocycles. The standard InChI is InChI=1S/C16H27NO2/c1-15(2)5-3-4-11(7-15)6-13(19)12-8-16(10-18)9-14(16)17-12/h11-12,14,17-18H,3-10H2,1-2H3/t11?,12-,14+,16-/m0/s1. The molecule has 3 nitrogen and oxygen atoms in total. The summed E-state index contributed by atoms with van der Waals surface area (Å²) in [6.45, 7) is 4.89. The van der Waals surface area contributed by atoms with Crippen LogP contribution in [0, 0.1) is 16.7 Å². The van der Waals surface area contributed by atoms with Crippen molar-refractivity contribution in [3.8, 4) is 0 Å². The molecule has 1 heterocycles. The molecule has 4 atom stereocenters. The zero-order valence-electron chi connectivity index (χ0n) is 12.2. The Morgan fingerprint density at radius 2 is 2.11 bits per heavy atom. The first-order valence-electron chi connectivity index (χ1n) is 7.84. The third-order valence-electron chi connectivity index (χ3n) is 5.70. The maximum absolute atomic E-state index is 12.4. The van der Waals surface area contributed by atoms with Gasteiger partial charge in [-0.25, -0.2) is 0 Å². The molecule has 0 bridgehead atoms. The maximum atomic E-state index is 12.4. The minimum atomic E-state index is 0.0240. The number of aliphatic hydroxyl groups excluding tert-OH is 1. The Balaban J connectivity index is 1.52. The lowest BCUT2D eigenvalue weighted by molar-refractivity contribution is -0.122. The number of aliphatic hydroxyl groups is 1. The highest BCUT2D eigenvalue weighted by atomic mass is 16.3. The van der Waals surface area contributed by atoms with Gasteiger partial charge in [-0.05, 0) is 43.4 Å². The lowest BCUT2D eigenvalue weighted by Crippen LogP contribution is -2.36. The molecule has 3 heteroatoms. The molecule has 108 valence electrons. The summed E-state index contributed by atoms with van der Waals surface area (Å²) in [5, 5.41) is 12.8. The van der Waals surface area contributed by atoms with Crippen molar-refractivity contribution < 1.29 is 9.90 Å². The zero-order chi connectivity index (χ0) is 13.7. The largest absolute Gasteiger partial charge is 0.396 e. The van der Waals surface area contributed by atoms with Crippen LogP contribution in [0.25, 0.3) is 0 Å². The average molecular weight is 265 g/mol.